The minimum atomic E-state index is -1.47. The van der Waals surface area contributed by atoms with E-state index < -0.39 is 34.7 Å². The van der Waals surface area contributed by atoms with Crippen LogP contribution in [0.25, 0.3) is 0 Å². The summed E-state index contributed by atoms with van der Waals surface area (Å²) in [5.74, 6) is -4.63. The molecule has 1 saturated carbocycles. The van der Waals surface area contributed by atoms with Crippen LogP contribution in [0.5, 0.6) is 0 Å². The van der Waals surface area contributed by atoms with Gasteiger partial charge in [-0.15, -0.1) is 0 Å². The molecule has 0 spiro atoms. The molecule has 1 aromatic rings. The van der Waals surface area contributed by atoms with Crippen molar-refractivity contribution in [1.82, 2.24) is 0 Å². The van der Waals surface area contributed by atoms with Gasteiger partial charge >= 0.3 is 5.97 Å². The summed E-state index contributed by atoms with van der Waals surface area (Å²) in [5, 5.41) is 11.5. The van der Waals surface area contributed by atoms with Crippen LogP contribution in [0.3, 0.4) is 0 Å². The third-order valence-electron chi connectivity index (χ3n) is 3.61. The zero-order chi connectivity index (χ0) is 18.0. The van der Waals surface area contributed by atoms with E-state index in [4.69, 9.17) is 5.11 Å². The molecule has 2 N–H and O–H groups in total. The molecule has 1 aromatic carbocycles. The lowest BCUT2D eigenvalue weighted by atomic mass is 10.1. The number of rotatable bonds is 6. The van der Waals surface area contributed by atoms with Crippen molar-refractivity contribution < 1.29 is 23.1 Å². The zero-order valence-corrected chi connectivity index (χ0v) is 14.4. The molecule has 0 radical (unpaired) electrons. The number of carbonyl (C=O) groups is 1. The Kier molecular flexibility index (Phi) is 5.54. The van der Waals surface area contributed by atoms with Crippen LogP contribution in [-0.2, 0) is 0 Å². The van der Waals surface area contributed by atoms with Gasteiger partial charge < -0.3 is 10.4 Å². The van der Waals surface area contributed by atoms with E-state index >= 15 is 0 Å². The van der Waals surface area contributed by atoms with E-state index in [1.54, 1.807) is 0 Å². The van der Waals surface area contributed by atoms with Crippen molar-refractivity contribution in [2.24, 2.45) is 5.92 Å². The number of anilines is 1. The molecule has 3 nitrogen and oxygen atoms in total. The second kappa shape index (κ2) is 7.25. The van der Waals surface area contributed by atoms with E-state index in [2.05, 4.69) is 27.8 Å². The Morgan fingerprint density at radius 1 is 1.42 bits per heavy atom. The van der Waals surface area contributed by atoms with Crippen LogP contribution >= 0.6 is 15.9 Å². The highest BCUT2D eigenvalue weighted by Gasteiger charge is 2.25. The van der Waals surface area contributed by atoms with Crippen LogP contribution in [0.15, 0.2) is 46.4 Å². The van der Waals surface area contributed by atoms with Gasteiger partial charge in [-0.2, -0.15) is 0 Å². The average molecular weight is 402 g/mol. The van der Waals surface area contributed by atoms with Crippen LogP contribution in [0.2, 0.25) is 0 Å². The molecule has 1 aliphatic rings. The van der Waals surface area contributed by atoms with Crippen molar-refractivity contribution in [3.05, 3.63) is 63.6 Å². The van der Waals surface area contributed by atoms with Gasteiger partial charge in [-0.25, -0.2) is 18.0 Å². The van der Waals surface area contributed by atoms with Crippen molar-refractivity contribution in [2.75, 3.05) is 5.32 Å². The molecular weight excluding hydrogens is 387 g/mol. The Balaban J connectivity index is 2.39. The molecule has 0 saturated heterocycles. The van der Waals surface area contributed by atoms with E-state index in [1.807, 2.05) is 0 Å². The minimum Gasteiger partial charge on any atom is -0.478 e. The molecule has 0 aromatic heterocycles. The van der Waals surface area contributed by atoms with Gasteiger partial charge in [0, 0.05) is 0 Å². The number of aromatic carboxylic acids is 1. The van der Waals surface area contributed by atoms with Crippen molar-refractivity contribution in [3.8, 4) is 0 Å². The Bertz CT molecular complexity index is 768. The van der Waals surface area contributed by atoms with Gasteiger partial charge in [0.05, 0.1) is 21.4 Å². The summed E-state index contributed by atoms with van der Waals surface area (Å²) < 4.78 is 41.8. The molecule has 1 aliphatic carbocycles. The third kappa shape index (κ3) is 3.90. The summed E-state index contributed by atoms with van der Waals surface area (Å²) in [5.41, 5.74) is -0.722. The summed E-state index contributed by atoms with van der Waals surface area (Å²) in [6.45, 7) is 5.25. The first-order chi connectivity index (χ1) is 11.3. The number of benzene rings is 1. The summed E-state index contributed by atoms with van der Waals surface area (Å²) >= 11 is 2.75. The quantitative estimate of drug-likeness (QED) is 0.484. The summed E-state index contributed by atoms with van der Waals surface area (Å²) in [6, 6.07) is 0.918. The highest BCUT2D eigenvalue weighted by molar-refractivity contribution is 9.10. The van der Waals surface area contributed by atoms with E-state index in [0.29, 0.717) is 5.57 Å². The van der Waals surface area contributed by atoms with Crippen molar-refractivity contribution in [1.29, 1.82) is 0 Å². The molecule has 0 aliphatic heterocycles. The fourth-order valence-electron chi connectivity index (χ4n) is 2.10. The lowest BCUT2D eigenvalue weighted by molar-refractivity contribution is 0.0697. The van der Waals surface area contributed by atoms with Crippen LogP contribution in [0.1, 0.15) is 30.1 Å². The standard InChI is InChI=1S/C17H15BrF3NO2/c1-3-13(12(19)6-8(2)9-4-5-9)22-16-10(17(23)24)7-11(18)14(20)15(16)21/h3,6-7,9,22H,2,4-5H2,1H3,(H,23,24)/b12-6+,13-3+. The maximum absolute atomic E-state index is 14.3. The highest BCUT2D eigenvalue weighted by atomic mass is 79.9. The SMILES string of the molecule is C=C(/C=C(F)\C(=C/C)Nc1c(C(=O)O)cc(Br)c(F)c1F)C1CC1. The first kappa shape index (κ1) is 18.3. The summed E-state index contributed by atoms with van der Waals surface area (Å²) in [4.78, 5) is 11.3. The molecule has 0 bridgehead atoms. The molecule has 2 rings (SSSR count). The van der Waals surface area contributed by atoms with Gasteiger partial charge in [0.1, 0.15) is 5.83 Å². The number of allylic oxidation sites excluding steroid dienone is 4. The smallest absolute Gasteiger partial charge is 0.337 e. The second-order valence-corrected chi connectivity index (χ2v) is 6.24. The van der Waals surface area contributed by atoms with E-state index in [1.165, 1.54) is 19.1 Å². The first-order valence-electron chi connectivity index (χ1n) is 7.16. The van der Waals surface area contributed by atoms with E-state index in [9.17, 15) is 18.0 Å². The fraction of sp³-hybridized carbons (Fsp3) is 0.235. The first-order valence-corrected chi connectivity index (χ1v) is 7.96. The molecule has 0 heterocycles. The molecule has 7 heteroatoms. The Morgan fingerprint density at radius 2 is 2.04 bits per heavy atom. The van der Waals surface area contributed by atoms with Crippen LogP contribution in [-0.4, -0.2) is 11.1 Å². The Labute approximate surface area is 145 Å². The average Bonchev–Trinajstić information content (AvgIpc) is 3.36. The topological polar surface area (TPSA) is 49.3 Å². The predicted molar refractivity (Wildman–Crippen MR) is 89.5 cm³/mol. The zero-order valence-electron chi connectivity index (χ0n) is 12.8. The Hall–Kier alpha value is -2.02. The van der Waals surface area contributed by atoms with E-state index in [-0.39, 0.29) is 16.1 Å². The summed E-state index contributed by atoms with van der Waals surface area (Å²) in [6.07, 6.45) is 4.40. The van der Waals surface area contributed by atoms with Gasteiger partial charge in [0.15, 0.2) is 11.6 Å². The molecule has 24 heavy (non-hydrogen) atoms. The van der Waals surface area contributed by atoms with Gasteiger partial charge in [-0.1, -0.05) is 12.7 Å². The molecule has 128 valence electrons. The van der Waals surface area contributed by atoms with Crippen LogP contribution in [0.4, 0.5) is 18.9 Å². The van der Waals surface area contributed by atoms with Gasteiger partial charge in [-0.05, 0) is 59.3 Å². The number of hydrogen-bond acceptors (Lipinski definition) is 2. The van der Waals surface area contributed by atoms with Crippen LogP contribution in [0, 0.1) is 17.6 Å². The number of hydrogen-bond donors (Lipinski definition) is 2. The fourth-order valence-corrected chi connectivity index (χ4v) is 2.51. The second-order valence-electron chi connectivity index (χ2n) is 5.38. The molecule has 0 amide bonds. The van der Waals surface area contributed by atoms with Crippen LogP contribution < -0.4 is 5.32 Å². The van der Waals surface area contributed by atoms with Gasteiger partial charge in [-0.3, -0.25) is 0 Å². The molecule has 0 unspecified atom stereocenters. The third-order valence-corrected chi connectivity index (χ3v) is 4.19. The number of carboxylic acids is 1. The van der Waals surface area contributed by atoms with Crippen molar-refractivity contribution in [3.63, 3.8) is 0 Å². The largest absolute Gasteiger partial charge is 0.478 e. The van der Waals surface area contributed by atoms with Gasteiger partial charge in [0.25, 0.3) is 0 Å². The lowest BCUT2D eigenvalue weighted by Crippen LogP contribution is -2.11. The molecule has 0 atom stereocenters. The van der Waals surface area contributed by atoms with Gasteiger partial charge in [0.2, 0.25) is 0 Å². The van der Waals surface area contributed by atoms with Crippen molar-refractivity contribution >= 4 is 27.6 Å². The number of nitrogens with one attached hydrogen (secondary N) is 1. The maximum atomic E-state index is 14.3. The molecular formula is C17H15BrF3NO2. The lowest BCUT2D eigenvalue weighted by Gasteiger charge is -2.14. The Morgan fingerprint density at radius 3 is 2.54 bits per heavy atom. The minimum absolute atomic E-state index is 0.167. The van der Waals surface area contributed by atoms with E-state index in [0.717, 1.165) is 18.9 Å². The summed E-state index contributed by atoms with van der Waals surface area (Å²) in [7, 11) is 0. The highest BCUT2D eigenvalue weighted by Crippen LogP contribution is 2.37. The number of halogens is 4. The predicted octanol–water partition coefficient (Wildman–Crippen LogP) is 5.56. The normalized spacial score (nSPS) is 15.4. The maximum Gasteiger partial charge on any atom is 0.337 e. The number of carboxylic acid groups (broad SMARTS) is 1. The molecule has 1 fully saturated rings. The van der Waals surface area contributed by atoms with Crippen molar-refractivity contribution in [2.45, 2.75) is 19.8 Å². The monoisotopic (exact) mass is 401 g/mol.